The van der Waals surface area contributed by atoms with Crippen LogP contribution in [0.3, 0.4) is 0 Å². The summed E-state index contributed by atoms with van der Waals surface area (Å²) in [6, 6.07) is 12.7. The summed E-state index contributed by atoms with van der Waals surface area (Å²) >= 11 is 1.80. The first kappa shape index (κ1) is 23.9. The maximum atomic E-state index is 5.71. The molecule has 160 valence electrons. The molecule has 1 saturated heterocycles. The van der Waals surface area contributed by atoms with Gasteiger partial charge in [0.25, 0.3) is 0 Å². The van der Waals surface area contributed by atoms with Crippen LogP contribution >= 0.6 is 35.3 Å². The van der Waals surface area contributed by atoms with E-state index >= 15 is 0 Å². The molecule has 0 amide bonds. The van der Waals surface area contributed by atoms with Gasteiger partial charge in [0, 0.05) is 43.7 Å². The molecule has 1 fully saturated rings. The van der Waals surface area contributed by atoms with E-state index in [1.165, 1.54) is 4.88 Å². The summed E-state index contributed by atoms with van der Waals surface area (Å²) in [5.74, 6) is 1.71. The summed E-state index contributed by atoms with van der Waals surface area (Å²) in [7, 11) is 1.80. The normalized spacial score (nSPS) is 16.0. The highest BCUT2D eigenvalue weighted by atomic mass is 127. The van der Waals surface area contributed by atoms with E-state index in [1.54, 1.807) is 18.4 Å². The van der Waals surface area contributed by atoms with Crippen LogP contribution in [0, 0.1) is 0 Å². The van der Waals surface area contributed by atoms with Crippen molar-refractivity contribution in [2.75, 3.05) is 46.5 Å². The van der Waals surface area contributed by atoms with Crippen LogP contribution in [0.15, 0.2) is 46.8 Å². The lowest BCUT2D eigenvalue weighted by atomic mass is 10.2. The number of morpholine rings is 1. The molecular formula is C21H31IN4O2S. The molecule has 2 aromatic rings. The lowest BCUT2D eigenvalue weighted by Gasteiger charge is -2.34. The number of hydrogen-bond donors (Lipinski definition) is 2. The molecular weight excluding hydrogens is 499 g/mol. The van der Waals surface area contributed by atoms with Crippen LogP contribution in [0.2, 0.25) is 0 Å². The average molecular weight is 530 g/mol. The molecule has 1 aromatic heterocycles. The van der Waals surface area contributed by atoms with Gasteiger partial charge >= 0.3 is 0 Å². The summed E-state index contributed by atoms with van der Waals surface area (Å²) in [6.07, 6.45) is 0. The van der Waals surface area contributed by atoms with Gasteiger partial charge in [-0.1, -0.05) is 24.3 Å². The van der Waals surface area contributed by atoms with Crippen LogP contribution < -0.4 is 15.4 Å². The monoisotopic (exact) mass is 530 g/mol. The SMILES string of the molecule is CCOc1ccccc1CNC(=NC)NCC(c1cccs1)N1CCOCC1.I. The molecule has 0 radical (unpaired) electrons. The van der Waals surface area contributed by atoms with Crippen molar-refractivity contribution in [2.24, 2.45) is 4.99 Å². The van der Waals surface area contributed by atoms with Crippen molar-refractivity contribution in [3.8, 4) is 5.75 Å². The first-order chi connectivity index (χ1) is 13.8. The van der Waals surface area contributed by atoms with Gasteiger partial charge in [-0.3, -0.25) is 9.89 Å². The van der Waals surface area contributed by atoms with Crippen molar-refractivity contribution >= 4 is 41.3 Å². The highest BCUT2D eigenvalue weighted by molar-refractivity contribution is 14.0. The third-order valence-electron chi connectivity index (χ3n) is 4.76. The van der Waals surface area contributed by atoms with Crippen molar-refractivity contribution in [2.45, 2.75) is 19.5 Å². The Hall–Kier alpha value is -1.36. The fourth-order valence-corrected chi connectivity index (χ4v) is 4.18. The molecule has 0 saturated carbocycles. The van der Waals surface area contributed by atoms with Gasteiger partial charge in [-0.05, 0) is 24.4 Å². The Balaban J connectivity index is 0.00000300. The van der Waals surface area contributed by atoms with E-state index in [0.29, 0.717) is 19.2 Å². The number of ether oxygens (including phenoxy) is 2. The molecule has 29 heavy (non-hydrogen) atoms. The van der Waals surface area contributed by atoms with Crippen molar-refractivity contribution in [3.05, 3.63) is 52.2 Å². The number of guanidine groups is 1. The summed E-state index contributed by atoms with van der Waals surface area (Å²) < 4.78 is 11.2. The average Bonchev–Trinajstić information content (AvgIpc) is 3.27. The zero-order valence-corrected chi connectivity index (χ0v) is 20.2. The Bertz CT molecular complexity index is 736. The molecule has 2 N–H and O–H groups in total. The van der Waals surface area contributed by atoms with Gasteiger partial charge in [-0.25, -0.2) is 0 Å². The third-order valence-corrected chi connectivity index (χ3v) is 5.74. The van der Waals surface area contributed by atoms with Gasteiger partial charge in [0.2, 0.25) is 0 Å². The lowest BCUT2D eigenvalue weighted by molar-refractivity contribution is 0.0177. The van der Waals surface area contributed by atoms with E-state index in [9.17, 15) is 0 Å². The number of nitrogens with one attached hydrogen (secondary N) is 2. The van der Waals surface area contributed by atoms with Gasteiger partial charge in [-0.15, -0.1) is 35.3 Å². The van der Waals surface area contributed by atoms with Gasteiger partial charge in [0.05, 0.1) is 25.9 Å². The molecule has 1 aliphatic rings. The van der Waals surface area contributed by atoms with E-state index in [4.69, 9.17) is 9.47 Å². The van der Waals surface area contributed by atoms with Crippen LogP contribution in [-0.2, 0) is 11.3 Å². The predicted molar refractivity (Wildman–Crippen MR) is 131 cm³/mol. The zero-order chi connectivity index (χ0) is 19.6. The van der Waals surface area contributed by atoms with Gasteiger partial charge < -0.3 is 20.1 Å². The number of benzene rings is 1. The van der Waals surface area contributed by atoms with Crippen LogP contribution in [-0.4, -0.2) is 57.4 Å². The summed E-state index contributed by atoms with van der Waals surface area (Å²) in [5.41, 5.74) is 1.12. The maximum Gasteiger partial charge on any atom is 0.191 e. The van der Waals surface area contributed by atoms with E-state index in [1.807, 2.05) is 25.1 Å². The molecule has 1 aliphatic heterocycles. The summed E-state index contributed by atoms with van der Waals surface area (Å²) in [5, 5.41) is 9.05. The Morgan fingerprint density at radius 2 is 2.00 bits per heavy atom. The number of nitrogens with zero attached hydrogens (tertiary/aromatic N) is 2. The minimum absolute atomic E-state index is 0. The predicted octanol–water partition coefficient (Wildman–Crippen LogP) is 3.50. The number of hydrogen-bond acceptors (Lipinski definition) is 5. The van der Waals surface area contributed by atoms with Gasteiger partial charge in [-0.2, -0.15) is 0 Å². The molecule has 1 aromatic carbocycles. The quantitative estimate of drug-likeness (QED) is 0.311. The second-order valence-electron chi connectivity index (χ2n) is 6.53. The number of rotatable bonds is 8. The second-order valence-corrected chi connectivity index (χ2v) is 7.51. The number of para-hydroxylation sites is 1. The maximum absolute atomic E-state index is 5.71. The van der Waals surface area contributed by atoms with Crippen LogP contribution in [0.4, 0.5) is 0 Å². The largest absolute Gasteiger partial charge is 0.494 e. The number of thiophene rings is 1. The van der Waals surface area contributed by atoms with Crippen LogP contribution in [0.5, 0.6) is 5.75 Å². The van der Waals surface area contributed by atoms with Crippen molar-refractivity contribution < 1.29 is 9.47 Å². The van der Waals surface area contributed by atoms with E-state index < -0.39 is 0 Å². The van der Waals surface area contributed by atoms with Crippen LogP contribution in [0.1, 0.15) is 23.4 Å². The van der Waals surface area contributed by atoms with E-state index in [0.717, 1.165) is 50.1 Å². The zero-order valence-electron chi connectivity index (χ0n) is 17.1. The fraction of sp³-hybridized carbons (Fsp3) is 0.476. The topological polar surface area (TPSA) is 58.1 Å². The fourth-order valence-electron chi connectivity index (χ4n) is 3.32. The molecule has 8 heteroatoms. The minimum Gasteiger partial charge on any atom is -0.494 e. The Morgan fingerprint density at radius 3 is 2.69 bits per heavy atom. The van der Waals surface area contributed by atoms with Crippen LogP contribution in [0.25, 0.3) is 0 Å². The smallest absolute Gasteiger partial charge is 0.191 e. The van der Waals surface area contributed by atoms with Gasteiger partial charge in [0.1, 0.15) is 5.75 Å². The Labute approximate surface area is 194 Å². The third kappa shape index (κ3) is 7.13. The minimum atomic E-state index is 0. The number of halogens is 1. The van der Waals surface area contributed by atoms with Crippen molar-refractivity contribution in [1.29, 1.82) is 0 Å². The highest BCUT2D eigenvalue weighted by Crippen LogP contribution is 2.25. The molecule has 3 rings (SSSR count). The second kappa shape index (κ2) is 13.0. The standard InChI is InChI=1S/C21H30N4O2S.HI/c1-3-27-19-8-5-4-7-17(19)15-23-21(22-2)24-16-18(20-9-6-14-28-20)25-10-12-26-13-11-25;/h4-9,14,18H,3,10-13,15-16H2,1-2H3,(H2,22,23,24);1H. The highest BCUT2D eigenvalue weighted by Gasteiger charge is 2.23. The molecule has 1 unspecified atom stereocenters. The van der Waals surface area contributed by atoms with Gasteiger partial charge in [0.15, 0.2) is 5.96 Å². The molecule has 0 spiro atoms. The molecule has 1 atom stereocenters. The van der Waals surface area contributed by atoms with Crippen molar-refractivity contribution in [3.63, 3.8) is 0 Å². The Kier molecular flexibility index (Phi) is 10.8. The lowest BCUT2D eigenvalue weighted by Crippen LogP contribution is -2.46. The molecule has 0 aliphatic carbocycles. The van der Waals surface area contributed by atoms with E-state index in [2.05, 4.69) is 44.1 Å². The van der Waals surface area contributed by atoms with E-state index in [-0.39, 0.29) is 24.0 Å². The molecule has 0 bridgehead atoms. The first-order valence-electron chi connectivity index (χ1n) is 9.82. The Morgan fingerprint density at radius 1 is 1.21 bits per heavy atom. The molecule has 6 nitrogen and oxygen atoms in total. The molecule has 2 heterocycles. The summed E-state index contributed by atoms with van der Waals surface area (Å²) in [6.45, 7) is 7.62. The first-order valence-corrected chi connectivity index (χ1v) is 10.7. The number of aliphatic imine (C=N–C) groups is 1. The summed E-state index contributed by atoms with van der Waals surface area (Å²) in [4.78, 5) is 8.24. The van der Waals surface area contributed by atoms with Crippen molar-refractivity contribution in [1.82, 2.24) is 15.5 Å².